The second-order valence-electron chi connectivity index (χ2n) is 8.03. The molecular weight excluding hydrogens is 364 g/mol. The van der Waals surface area contributed by atoms with E-state index >= 15 is 0 Å². The highest BCUT2D eigenvalue weighted by atomic mass is 32.2. The molecule has 1 saturated heterocycles. The van der Waals surface area contributed by atoms with E-state index in [0.29, 0.717) is 17.7 Å². The lowest BCUT2D eigenvalue weighted by Crippen LogP contribution is -2.39. The van der Waals surface area contributed by atoms with E-state index in [1.807, 2.05) is 0 Å². The Kier molecular flexibility index (Phi) is 7.42. The first-order valence-corrected chi connectivity index (χ1v) is 11.1. The van der Waals surface area contributed by atoms with Crippen LogP contribution in [0.2, 0.25) is 0 Å². The molecule has 1 fully saturated rings. The maximum atomic E-state index is 12.6. The Labute approximate surface area is 163 Å². The highest BCUT2D eigenvalue weighted by molar-refractivity contribution is 7.89. The van der Waals surface area contributed by atoms with Crippen molar-refractivity contribution >= 4 is 16.0 Å². The van der Waals surface area contributed by atoms with Gasteiger partial charge in [-0.15, -0.1) is 0 Å². The number of rotatable bonds is 8. The van der Waals surface area contributed by atoms with E-state index in [1.165, 1.54) is 18.6 Å². The molecule has 152 valence electrons. The van der Waals surface area contributed by atoms with Crippen molar-refractivity contribution in [2.75, 3.05) is 26.2 Å². The first kappa shape index (κ1) is 21.9. The average Bonchev–Trinajstić information content (AvgIpc) is 2.55. The van der Waals surface area contributed by atoms with E-state index in [1.54, 1.807) is 13.8 Å². The van der Waals surface area contributed by atoms with E-state index < -0.39 is 16.0 Å². The largest absolute Gasteiger partial charge is 0.478 e. The van der Waals surface area contributed by atoms with Gasteiger partial charge < -0.3 is 10.0 Å². The normalized spacial score (nSPS) is 21.3. The Morgan fingerprint density at radius 2 is 1.81 bits per heavy atom. The second kappa shape index (κ2) is 9.17. The molecule has 0 saturated carbocycles. The molecule has 27 heavy (non-hydrogen) atoms. The predicted molar refractivity (Wildman–Crippen MR) is 107 cm³/mol. The minimum Gasteiger partial charge on any atom is -0.478 e. The van der Waals surface area contributed by atoms with Gasteiger partial charge in [-0.3, -0.25) is 0 Å². The number of nitrogens with one attached hydrogen (secondary N) is 1. The summed E-state index contributed by atoms with van der Waals surface area (Å²) in [6.45, 7) is 11.6. The summed E-state index contributed by atoms with van der Waals surface area (Å²) in [5.74, 6) is 0.319. The van der Waals surface area contributed by atoms with Crippen LogP contribution in [0, 0.1) is 25.7 Å². The smallest absolute Gasteiger partial charge is 0.335 e. The van der Waals surface area contributed by atoms with Crippen LogP contribution in [0.25, 0.3) is 0 Å². The molecule has 1 aliphatic heterocycles. The van der Waals surface area contributed by atoms with E-state index in [0.717, 1.165) is 44.3 Å². The van der Waals surface area contributed by atoms with Crippen molar-refractivity contribution in [3.63, 3.8) is 0 Å². The van der Waals surface area contributed by atoms with Gasteiger partial charge in [0.2, 0.25) is 10.0 Å². The van der Waals surface area contributed by atoms with Crippen molar-refractivity contribution in [1.29, 1.82) is 0 Å². The second-order valence-corrected chi connectivity index (χ2v) is 9.77. The van der Waals surface area contributed by atoms with Crippen molar-refractivity contribution in [3.05, 3.63) is 28.8 Å². The Bertz CT molecular complexity index is 766. The highest BCUT2D eigenvalue weighted by Gasteiger charge is 2.22. The molecule has 0 aliphatic carbocycles. The third kappa shape index (κ3) is 6.02. The van der Waals surface area contributed by atoms with Crippen LogP contribution in [-0.4, -0.2) is 50.6 Å². The summed E-state index contributed by atoms with van der Waals surface area (Å²) in [4.78, 5) is 13.7. The van der Waals surface area contributed by atoms with Gasteiger partial charge in [0, 0.05) is 19.6 Å². The fourth-order valence-electron chi connectivity index (χ4n) is 3.95. The zero-order valence-corrected chi connectivity index (χ0v) is 17.6. The molecular formula is C20H32N2O4S. The number of likely N-dealkylation sites (tertiary alicyclic amines) is 1. The molecule has 0 spiro atoms. The summed E-state index contributed by atoms with van der Waals surface area (Å²) in [6, 6.07) is 2.74. The molecule has 2 rings (SSSR count). The number of nitrogens with zero attached hydrogens (tertiary/aromatic N) is 1. The van der Waals surface area contributed by atoms with Crippen LogP contribution >= 0.6 is 0 Å². The molecule has 0 radical (unpaired) electrons. The maximum absolute atomic E-state index is 12.6. The Morgan fingerprint density at radius 3 is 2.41 bits per heavy atom. The zero-order chi connectivity index (χ0) is 20.2. The van der Waals surface area contributed by atoms with Crippen molar-refractivity contribution < 1.29 is 18.3 Å². The van der Waals surface area contributed by atoms with Crippen LogP contribution < -0.4 is 4.72 Å². The van der Waals surface area contributed by atoms with E-state index in [4.69, 9.17) is 0 Å². The average molecular weight is 397 g/mol. The summed E-state index contributed by atoms with van der Waals surface area (Å²) in [6.07, 6.45) is 2.98. The number of aryl methyl sites for hydroxylation is 1. The fraction of sp³-hybridized carbons (Fsp3) is 0.650. The number of carbonyl (C=O) groups is 1. The van der Waals surface area contributed by atoms with Gasteiger partial charge >= 0.3 is 5.97 Å². The van der Waals surface area contributed by atoms with Crippen LogP contribution in [0.15, 0.2) is 17.0 Å². The Hall–Kier alpha value is -1.44. The number of hydrogen-bond acceptors (Lipinski definition) is 4. The highest BCUT2D eigenvalue weighted by Crippen LogP contribution is 2.22. The summed E-state index contributed by atoms with van der Waals surface area (Å²) in [5.41, 5.74) is 1.24. The predicted octanol–water partition coefficient (Wildman–Crippen LogP) is 3.04. The summed E-state index contributed by atoms with van der Waals surface area (Å²) in [7, 11) is -3.72. The molecule has 1 heterocycles. The standard InChI is InChI=1S/C20H32N2O4S/c1-14-9-15(2)13-22(12-14)8-6-5-7-21-27(25,26)19-11-18(20(23)24)10-16(3)17(19)4/h10-11,14-15,21H,5-9,12-13H2,1-4H3,(H,23,24). The summed E-state index contributed by atoms with van der Waals surface area (Å²) < 4.78 is 27.9. The third-order valence-electron chi connectivity index (χ3n) is 5.29. The first-order chi connectivity index (χ1) is 12.6. The summed E-state index contributed by atoms with van der Waals surface area (Å²) >= 11 is 0. The van der Waals surface area contributed by atoms with Crippen LogP contribution in [0.3, 0.4) is 0 Å². The molecule has 1 aromatic rings. The molecule has 2 atom stereocenters. The number of hydrogen-bond donors (Lipinski definition) is 2. The zero-order valence-electron chi connectivity index (χ0n) is 16.8. The molecule has 2 N–H and O–H groups in total. The van der Waals surface area contributed by atoms with Crippen LogP contribution in [0.5, 0.6) is 0 Å². The van der Waals surface area contributed by atoms with Crippen molar-refractivity contribution in [2.24, 2.45) is 11.8 Å². The number of aromatic carboxylic acids is 1. The van der Waals surface area contributed by atoms with Gasteiger partial charge in [0.25, 0.3) is 0 Å². The van der Waals surface area contributed by atoms with E-state index in [9.17, 15) is 18.3 Å². The maximum Gasteiger partial charge on any atom is 0.335 e. The fourth-order valence-corrected chi connectivity index (χ4v) is 5.36. The lowest BCUT2D eigenvalue weighted by molar-refractivity contribution is 0.0696. The number of carboxylic acid groups (broad SMARTS) is 1. The Morgan fingerprint density at radius 1 is 1.19 bits per heavy atom. The van der Waals surface area contributed by atoms with Crippen LogP contribution in [0.4, 0.5) is 0 Å². The number of piperidine rings is 1. The number of carboxylic acids is 1. The number of unbranched alkanes of at least 4 members (excludes halogenated alkanes) is 1. The van der Waals surface area contributed by atoms with Crippen molar-refractivity contribution in [2.45, 2.75) is 51.9 Å². The Balaban J connectivity index is 1.89. The van der Waals surface area contributed by atoms with Crippen LogP contribution in [-0.2, 0) is 10.0 Å². The van der Waals surface area contributed by atoms with Gasteiger partial charge in [-0.05, 0) is 74.8 Å². The van der Waals surface area contributed by atoms with E-state index in [-0.39, 0.29) is 10.5 Å². The van der Waals surface area contributed by atoms with Gasteiger partial charge in [0.05, 0.1) is 10.5 Å². The topological polar surface area (TPSA) is 86.7 Å². The minimum absolute atomic E-state index is 0.00758. The first-order valence-electron chi connectivity index (χ1n) is 9.66. The monoisotopic (exact) mass is 396 g/mol. The molecule has 2 unspecified atom stereocenters. The molecule has 1 aliphatic rings. The summed E-state index contributed by atoms with van der Waals surface area (Å²) in [5, 5.41) is 9.18. The van der Waals surface area contributed by atoms with Crippen molar-refractivity contribution in [3.8, 4) is 0 Å². The molecule has 6 nitrogen and oxygen atoms in total. The van der Waals surface area contributed by atoms with Gasteiger partial charge in [-0.25, -0.2) is 17.9 Å². The molecule has 1 aromatic carbocycles. The molecule has 0 bridgehead atoms. The van der Waals surface area contributed by atoms with Gasteiger partial charge in [-0.1, -0.05) is 13.8 Å². The third-order valence-corrected chi connectivity index (χ3v) is 6.88. The lowest BCUT2D eigenvalue weighted by atomic mass is 9.92. The van der Waals surface area contributed by atoms with Gasteiger partial charge in [0.1, 0.15) is 0 Å². The number of sulfonamides is 1. The van der Waals surface area contributed by atoms with Crippen molar-refractivity contribution in [1.82, 2.24) is 9.62 Å². The molecule has 7 heteroatoms. The van der Waals surface area contributed by atoms with Gasteiger partial charge in [-0.2, -0.15) is 0 Å². The molecule has 0 amide bonds. The minimum atomic E-state index is -3.72. The van der Waals surface area contributed by atoms with Crippen LogP contribution in [0.1, 0.15) is 54.6 Å². The molecule has 0 aromatic heterocycles. The van der Waals surface area contributed by atoms with E-state index in [2.05, 4.69) is 23.5 Å². The quantitative estimate of drug-likeness (QED) is 0.660. The number of benzene rings is 1. The lowest BCUT2D eigenvalue weighted by Gasteiger charge is -2.34. The SMILES string of the molecule is Cc1cc(C(=O)O)cc(S(=O)(=O)NCCCCN2CC(C)CC(C)C2)c1C. The van der Waals surface area contributed by atoms with Gasteiger partial charge in [0.15, 0.2) is 0 Å².